The van der Waals surface area contributed by atoms with Gasteiger partial charge in [-0.25, -0.2) is 18.4 Å². The highest BCUT2D eigenvalue weighted by Crippen LogP contribution is 2.44. The van der Waals surface area contributed by atoms with Crippen LogP contribution >= 0.6 is 11.3 Å². The molecular formula is C25H35F3N4O2S2. The number of sulfone groups is 1. The summed E-state index contributed by atoms with van der Waals surface area (Å²) in [5.41, 5.74) is 0.198. The van der Waals surface area contributed by atoms with E-state index in [1.165, 1.54) is 6.26 Å². The van der Waals surface area contributed by atoms with Crippen molar-refractivity contribution in [3.8, 4) is 0 Å². The first-order valence-corrected chi connectivity index (χ1v) is 15.7. The Kier molecular flexibility index (Phi) is 7.04. The topological polar surface area (TPSA) is 66.4 Å². The van der Waals surface area contributed by atoms with E-state index < -0.39 is 22.4 Å². The summed E-state index contributed by atoms with van der Waals surface area (Å²) in [5.74, 6) is 2.64. The molecule has 0 aromatic carbocycles. The molecule has 200 valence electrons. The minimum absolute atomic E-state index is 0.198. The molecule has 2 aromatic rings. The van der Waals surface area contributed by atoms with Gasteiger partial charge in [0.2, 0.25) is 0 Å². The number of rotatable bonds is 6. The molecule has 1 saturated carbocycles. The summed E-state index contributed by atoms with van der Waals surface area (Å²) < 4.78 is 62.1. The summed E-state index contributed by atoms with van der Waals surface area (Å²) in [4.78, 5) is 14.9. The maximum atomic E-state index is 13.0. The first-order valence-electron chi connectivity index (χ1n) is 12.9. The number of nitrogens with zero attached hydrogens (tertiary/aromatic N) is 4. The molecule has 1 aliphatic carbocycles. The van der Waals surface area contributed by atoms with Gasteiger partial charge in [-0.2, -0.15) is 13.2 Å². The molecule has 3 fully saturated rings. The molecule has 36 heavy (non-hydrogen) atoms. The lowest BCUT2D eigenvalue weighted by Gasteiger charge is -2.32. The van der Waals surface area contributed by atoms with Gasteiger partial charge in [0.25, 0.3) is 0 Å². The van der Waals surface area contributed by atoms with Crippen LogP contribution in [0.3, 0.4) is 0 Å². The largest absolute Gasteiger partial charge is 0.393 e. The first-order chi connectivity index (χ1) is 16.9. The highest BCUT2D eigenvalue weighted by atomic mass is 32.2. The Hall–Kier alpha value is -1.46. The van der Waals surface area contributed by atoms with E-state index in [1.807, 2.05) is 0 Å². The number of thiophene rings is 1. The smallest absolute Gasteiger partial charge is 0.355 e. The second-order valence-electron chi connectivity index (χ2n) is 11.5. The number of anilines is 1. The summed E-state index contributed by atoms with van der Waals surface area (Å²) in [6.45, 7) is 6.74. The number of aromatic nitrogens is 2. The Morgan fingerprint density at radius 1 is 1.08 bits per heavy atom. The van der Waals surface area contributed by atoms with Crippen LogP contribution in [0, 0.1) is 24.2 Å². The Morgan fingerprint density at radius 3 is 2.47 bits per heavy atom. The van der Waals surface area contributed by atoms with Crippen LogP contribution in [0.4, 0.5) is 19.0 Å². The fourth-order valence-corrected chi connectivity index (χ4v) is 8.88. The van der Waals surface area contributed by atoms with Crippen molar-refractivity contribution in [2.45, 2.75) is 58.0 Å². The Balaban J connectivity index is 1.21. The molecule has 0 amide bonds. The van der Waals surface area contributed by atoms with Crippen LogP contribution in [0.25, 0.3) is 10.2 Å². The molecule has 2 saturated heterocycles. The fourth-order valence-electron chi connectivity index (χ4n) is 6.59. The van der Waals surface area contributed by atoms with Crippen molar-refractivity contribution < 1.29 is 21.6 Å². The van der Waals surface area contributed by atoms with Crippen LogP contribution in [0.5, 0.6) is 0 Å². The van der Waals surface area contributed by atoms with Crippen LogP contribution in [-0.2, 0) is 16.3 Å². The Bertz CT molecular complexity index is 1210. The normalized spacial score (nSPS) is 28.1. The van der Waals surface area contributed by atoms with Gasteiger partial charge >= 0.3 is 6.18 Å². The van der Waals surface area contributed by atoms with Crippen LogP contribution in [0.1, 0.15) is 49.2 Å². The zero-order valence-corrected chi connectivity index (χ0v) is 22.6. The van der Waals surface area contributed by atoms with E-state index in [2.05, 4.69) is 19.8 Å². The molecule has 11 heteroatoms. The van der Waals surface area contributed by atoms with Gasteiger partial charge < -0.3 is 9.80 Å². The number of alkyl halides is 3. The maximum absolute atomic E-state index is 13.0. The molecule has 0 radical (unpaired) electrons. The van der Waals surface area contributed by atoms with Crippen molar-refractivity contribution >= 4 is 37.2 Å². The predicted octanol–water partition coefficient (Wildman–Crippen LogP) is 4.86. The zero-order chi connectivity index (χ0) is 25.7. The van der Waals surface area contributed by atoms with Gasteiger partial charge in [-0.15, -0.1) is 11.3 Å². The summed E-state index contributed by atoms with van der Waals surface area (Å²) in [7, 11) is -2.90. The van der Waals surface area contributed by atoms with Crippen molar-refractivity contribution in [2.75, 3.05) is 49.6 Å². The number of aryl methyl sites for hydroxylation is 1. The molecule has 0 N–H and O–H groups in total. The Morgan fingerprint density at radius 2 is 1.78 bits per heavy atom. The second kappa shape index (κ2) is 9.69. The van der Waals surface area contributed by atoms with E-state index in [1.54, 1.807) is 13.0 Å². The van der Waals surface area contributed by atoms with Crippen LogP contribution in [0.15, 0.2) is 6.07 Å². The molecule has 6 nitrogen and oxygen atoms in total. The van der Waals surface area contributed by atoms with Gasteiger partial charge in [0.05, 0.1) is 17.6 Å². The molecule has 1 unspecified atom stereocenters. The van der Waals surface area contributed by atoms with Crippen molar-refractivity contribution in [3.63, 3.8) is 0 Å². The lowest BCUT2D eigenvalue weighted by atomic mass is 9.82. The van der Waals surface area contributed by atoms with Crippen molar-refractivity contribution in [1.29, 1.82) is 0 Å². The third kappa shape index (κ3) is 6.15. The number of likely N-dealkylation sites (tertiary alicyclic amines) is 1. The molecule has 0 bridgehead atoms. The minimum Gasteiger partial charge on any atom is -0.355 e. The average Bonchev–Trinajstić information content (AvgIpc) is 3.45. The zero-order valence-electron chi connectivity index (χ0n) is 21.0. The van der Waals surface area contributed by atoms with Crippen molar-refractivity contribution in [2.24, 2.45) is 17.3 Å². The molecular weight excluding hydrogens is 509 g/mol. The maximum Gasteiger partial charge on any atom is 0.393 e. The van der Waals surface area contributed by atoms with E-state index in [0.717, 1.165) is 93.8 Å². The Labute approximate surface area is 215 Å². The van der Waals surface area contributed by atoms with Crippen molar-refractivity contribution in [3.05, 3.63) is 16.8 Å². The first kappa shape index (κ1) is 26.2. The van der Waals surface area contributed by atoms with Crippen LogP contribution in [-0.4, -0.2) is 74.2 Å². The van der Waals surface area contributed by atoms with Gasteiger partial charge in [-0.3, -0.25) is 0 Å². The second-order valence-corrected chi connectivity index (χ2v) is 14.8. The standard InChI is InChI=1S/C25H35F3N4O2S2/c1-17-29-22(21-11-20(12-25(26,27)28)35-23(21)30-17)32-10-8-24(16-32)7-9-31(15-24)13-18-3-5-19(6-4-18)14-36(2,33)34/h11,18-19H,3-10,12-16H2,1-2H3. The predicted molar refractivity (Wildman–Crippen MR) is 137 cm³/mol. The van der Waals surface area contributed by atoms with E-state index in [0.29, 0.717) is 28.2 Å². The molecule has 5 rings (SSSR count). The monoisotopic (exact) mass is 544 g/mol. The third-order valence-electron chi connectivity index (χ3n) is 8.19. The van der Waals surface area contributed by atoms with Crippen LogP contribution in [0.2, 0.25) is 0 Å². The van der Waals surface area contributed by atoms with E-state index in [9.17, 15) is 21.6 Å². The highest BCUT2D eigenvalue weighted by molar-refractivity contribution is 7.90. The molecule has 2 aliphatic heterocycles. The van der Waals surface area contributed by atoms with E-state index in [4.69, 9.17) is 0 Å². The molecule has 1 atom stereocenters. The summed E-state index contributed by atoms with van der Waals surface area (Å²) in [6, 6.07) is 1.63. The molecule has 3 aliphatic rings. The van der Waals surface area contributed by atoms with Crippen molar-refractivity contribution in [1.82, 2.24) is 14.9 Å². The summed E-state index contributed by atoms with van der Waals surface area (Å²) in [6.07, 6.45) is 2.58. The summed E-state index contributed by atoms with van der Waals surface area (Å²) in [5, 5.41) is 0.739. The summed E-state index contributed by atoms with van der Waals surface area (Å²) >= 11 is 1.12. The number of fused-ring (bicyclic) bond motifs is 1. The van der Waals surface area contributed by atoms with E-state index in [-0.39, 0.29) is 10.3 Å². The van der Waals surface area contributed by atoms with Crippen LogP contribution < -0.4 is 4.90 Å². The van der Waals surface area contributed by atoms with Gasteiger partial charge in [0, 0.05) is 42.7 Å². The lowest BCUT2D eigenvalue weighted by Crippen LogP contribution is -2.34. The van der Waals surface area contributed by atoms with Gasteiger partial charge in [-0.05, 0) is 69.9 Å². The van der Waals surface area contributed by atoms with E-state index >= 15 is 0 Å². The van der Waals surface area contributed by atoms with Gasteiger partial charge in [-0.1, -0.05) is 0 Å². The lowest BCUT2D eigenvalue weighted by molar-refractivity contribution is -0.126. The minimum atomic E-state index is -4.23. The fraction of sp³-hybridized carbons (Fsp3) is 0.760. The average molecular weight is 545 g/mol. The molecule has 1 spiro atoms. The number of halogens is 3. The highest BCUT2D eigenvalue weighted by Gasteiger charge is 2.44. The molecule has 2 aromatic heterocycles. The molecule has 4 heterocycles. The SMILES string of the molecule is Cc1nc(N2CCC3(CCN(CC4CCC(CS(C)(=O)=O)CC4)C3)C2)c2cc(CC(F)(F)F)sc2n1. The van der Waals surface area contributed by atoms with Gasteiger partial charge in [0.1, 0.15) is 26.3 Å². The number of hydrogen-bond acceptors (Lipinski definition) is 7. The number of hydrogen-bond donors (Lipinski definition) is 0. The third-order valence-corrected chi connectivity index (χ3v) is 10.3. The quantitative estimate of drug-likeness (QED) is 0.518. The van der Waals surface area contributed by atoms with Gasteiger partial charge in [0.15, 0.2) is 0 Å².